The zero-order valence-corrected chi connectivity index (χ0v) is 11.1. The van der Waals surface area contributed by atoms with E-state index in [0.29, 0.717) is 5.69 Å². The summed E-state index contributed by atoms with van der Waals surface area (Å²) < 4.78 is 4.47. The standard InChI is InChI=1S/C16H15NO3/c1-20-16(19)11-15(18)17-14-10-6-5-9-13(14)12-7-3-2-4-8-12/h2-10H,11H2,1H3,(H,17,18). The highest BCUT2D eigenvalue weighted by Gasteiger charge is 2.12. The number of amides is 1. The first-order chi connectivity index (χ1) is 9.70. The molecule has 0 saturated carbocycles. The number of hydrogen-bond donors (Lipinski definition) is 1. The fourth-order valence-electron chi connectivity index (χ4n) is 1.86. The normalized spacial score (nSPS) is 9.85. The van der Waals surface area contributed by atoms with Crippen LogP contribution in [0.1, 0.15) is 6.42 Å². The highest BCUT2D eigenvalue weighted by atomic mass is 16.5. The Morgan fingerprint density at radius 2 is 1.65 bits per heavy atom. The van der Waals surface area contributed by atoms with Crippen LogP contribution in [0.25, 0.3) is 11.1 Å². The minimum atomic E-state index is -0.556. The molecule has 4 nitrogen and oxygen atoms in total. The molecule has 0 heterocycles. The maximum absolute atomic E-state index is 11.8. The highest BCUT2D eigenvalue weighted by Crippen LogP contribution is 2.27. The second kappa shape index (κ2) is 6.52. The molecule has 4 heteroatoms. The van der Waals surface area contributed by atoms with Gasteiger partial charge in [0.25, 0.3) is 0 Å². The molecule has 20 heavy (non-hydrogen) atoms. The molecule has 102 valence electrons. The zero-order valence-electron chi connectivity index (χ0n) is 11.1. The van der Waals surface area contributed by atoms with Gasteiger partial charge in [-0.25, -0.2) is 0 Å². The van der Waals surface area contributed by atoms with Crippen LogP contribution < -0.4 is 5.32 Å². The van der Waals surface area contributed by atoms with Crippen LogP contribution in [0.2, 0.25) is 0 Å². The first-order valence-electron chi connectivity index (χ1n) is 6.22. The summed E-state index contributed by atoms with van der Waals surface area (Å²) in [5, 5.41) is 2.73. The van der Waals surface area contributed by atoms with Gasteiger partial charge >= 0.3 is 5.97 Å². The number of benzene rings is 2. The molecule has 0 radical (unpaired) electrons. The lowest BCUT2D eigenvalue weighted by atomic mass is 10.0. The maximum atomic E-state index is 11.8. The summed E-state index contributed by atoms with van der Waals surface area (Å²) in [4.78, 5) is 22.8. The van der Waals surface area contributed by atoms with Crippen LogP contribution in [0.5, 0.6) is 0 Å². The van der Waals surface area contributed by atoms with Crippen molar-refractivity contribution in [2.75, 3.05) is 12.4 Å². The molecule has 0 unspecified atom stereocenters. The van der Waals surface area contributed by atoms with Crippen LogP contribution >= 0.6 is 0 Å². The van der Waals surface area contributed by atoms with Gasteiger partial charge in [-0.15, -0.1) is 0 Å². The van der Waals surface area contributed by atoms with Crippen LogP contribution in [0, 0.1) is 0 Å². The molecule has 1 amide bonds. The number of esters is 1. The Morgan fingerprint density at radius 1 is 1.00 bits per heavy atom. The number of methoxy groups -OCH3 is 1. The summed E-state index contributed by atoms with van der Waals surface area (Å²) in [7, 11) is 1.26. The SMILES string of the molecule is COC(=O)CC(=O)Nc1ccccc1-c1ccccc1. The van der Waals surface area contributed by atoms with E-state index in [9.17, 15) is 9.59 Å². The number of carbonyl (C=O) groups excluding carboxylic acids is 2. The fraction of sp³-hybridized carbons (Fsp3) is 0.125. The Kier molecular flexibility index (Phi) is 4.50. The Morgan fingerprint density at radius 3 is 2.35 bits per heavy atom. The summed E-state index contributed by atoms with van der Waals surface area (Å²) in [6.45, 7) is 0. The van der Waals surface area contributed by atoms with Crippen molar-refractivity contribution >= 4 is 17.6 Å². The largest absolute Gasteiger partial charge is 0.469 e. The van der Waals surface area contributed by atoms with E-state index in [1.807, 2.05) is 48.5 Å². The molecule has 0 aliphatic rings. The third-order valence-electron chi connectivity index (χ3n) is 2.82. The second-order valence-electron chi connectivity index (χ2n) is 4.21. The van der Waals surface area contributed by atoms with E-state index < -0.39 is 5.97 Å². The van der Waals surface area contributed by atoms with E-state index in [1.54, 1.807) is 6.07 Å². The van der Waals surface area contributed by atoms with Crippen LogP contribution in [-0.2, 0) is 14.3 Å². The van der Waals surface area contributed by atoms with Gasteiger partial charge in [-0.2, -0.15) is 0 Å². The summed E-state index contributed by atoms with van der Waals surface area (Å²) >= 11 is 0. The number of rotatable bonds is 4. The summed E-state index contributed by atoms with van der Waals surface area (Å²) in [5.74, 6) is -0.945. The lowest BCUT2D eigenvalue weighted by molar-refractivity contribution is -0.142. The molecule has 2 aromatic carbocycles. The van der Waals surface area contributed by atoms with Crippen molar-refractivity contribution in [3.63, 3.8) is 0 Å². The van der Waals surface area contributed by atoms with E-state index in [4.69, 9.17) is 0 Å². The predicted octanol–water partition coefficient (Wildman–Crippen LogP) is 2.86. The minimum absolute atomic E-state index is 0.292. The molecule has 0 aromatic heterocycles. The van der Waals surface area contributed by atoms with Gasteiger partial charge < -0.3 is 10.1 Å². The molecule has 1 N–H and O–H groups in total. The van der Waals surface area contributed by atoms with E-state index >= 15 is 0 Å². The molecule has 0 bridgehead atoms. The molecule has 2 aromatic rings. The van der Waals surface area contributed by atoms with Crippen molar-refractivity contribution in [1.29, 1.82) is 0 Å². The topological polar surface area (TPSA) is 55.4 Å². The number of ether oxygens (including phenoxy) is 1. The van der Waals surface area contributed by atoms with Crippen LogP contribution in [0.15, 0.2) is 54.6 Å². The lowest BCUT2D eigenvalue weighted by Gasteiger charge is -2.10. The van der Waals surface area contributed by atoms with E-state index in [-0.39, 0.29) is 12.3 Å². The smallest absolute Gasteiger partial charge is 0.315 e. The molecule has 0 fully saturated rings. The zero-order chi connectivity index (χ0) is 14.4. The number of anilines is 1. The Labute approximate surface area is 117 Å². The highest BCUT2D eigenvalue weighted by molar-refractivity contribution is 6.03. The molecule has 0 aliphatic heterocycles. The van der Waals surface area contributed by atoms with Crippen molar-refractivity contribution < 1.29 is 14.3 Å². The summed E-state index contributed by atoms with van der Waals surface area (Å²) in [6, 6.07) is 17.2. The number of para-hydroxylation sites is 1. The van der Waals surface area contributed by atoms with Crippen molar-refractivity contribution in [3.05, 3.63) is 54.6 Å². The summed E-state index contributed by atoms with van der Waals surface area (Å²) in [6.07, 6.45) is -0.292. The monoisotopic (exact) mass is 269 g/mol. The lowest BCUT2D eigenvalue weighted by Crippen LogP contribution is -2.17. The van der Waals surface area contributed by atoms with Crippen LogP contribution in [0.3, 0.4) is 0 Å². The van der Waals surface area contributed by atoms with Crippen LogP contribution in [0.4, 0.5) is 5.69 Å². The molecule has 0 spiro atoms. The third kappa shape index (κ3) is 3.45. The van der Waals surface area contributed by atoms with Crippen molar-refractivity contribution in [1.82, 2.24) is 0 Å². The average Bonchev–Trinajstić information content (AvgIpc) is 2.48. The van der Waals surface area contributed by atoms with Gasteiger partial charge in [0.15, 0.2) is 0 Å². The first-order valence-corrected chi connectivity index (χ1v) is 6.22. The van der Waals surface area contributed by atoms with Crippen LogP contribution in [-0.4, -0.2) is 19.0 Å². The Bertz CT molecular complexity index is 608. The average molecular weight is 269 g/mol. The Hall–Kier alpha value is -2.62. The second-order valence-corrected chi connectivity index (χ2v) is 4.21. The molecule has 2 rings (SSSR count). The quantitative estimate of drug-likeness (QED) is 0.686. The predicted molar refractivity (Wildman–Crippen MR) is 77.1 cm³/mol. The third-order valence-corrected chi connectivity index (χ3v) is 2.82. The van der Waals surface area contributed by atoms with Gasteiger partial charge in [0.05, 0.1) is 7.11 Å². The van der Waals surface area contributed by atoms with Gasteiger partial charge in [-0.1, -0.05) is 48.5 Å². The minimum Gasteiger partial charge on any atom is -0.469 e. The molecule has 0 saturated heterocycles. The molecule has 0 atom stereocenters. The van der Waals surface area contributed by atoms with E-state index in [1.165, 1.54) is 7.11 Å². The number of carbonyl (C=O) groups is 2. The van der Waals surface area contributed by atoms with Gasteiger partial charge in [0, 0.05) is 11.3 Å². The van der Waals surface area contributed by atoms with Gasteiger partial charge in [0.1, 0.15) is 6.42 Å². The van der Waals surface area contributed by atoms with Gasteiger partial charge in [-0.3, -0.25) is 9.59 Å². The Balaban J connectivity index is 2.21. The number of hydrogen-bond acceptors (Lipinski definition) is 3. The van der Waals surface area contributed by atoms with E-state index in [0.717, 1.165) is 11.1 Å². The molecular weight excluding hydrogens is 254 g/mol. The molecule has 0 aliphatic carbocycles. The maximum Gasteiger partial charge on any atom is 0.315 e. The first kappa shape index (κ1) is 13.8. The van der Waals surface area contributed by atoms with E-state index in [2.05, 4.69) is 10.1 Å². The molecular formula is C16H15NO3. The van der Waals surface area contributed by atoms with Gasteiger partial charge in [0.2, 0.25) is 5.91 Å². The number of nitrogens with one attached hydrogen (secondary N) is 1. The summed E-state index contributed by atoms with van der Waals surface area (Å²) in [5.41, 5.74) is 2.58. The van der Waals surface area contributed by atoms with Crippen molar-refractivity contribution in [2.45, 2.75) is 6.42 Å². The van der Waals surface area contributed by atoms with Crippen molar-refractivity contribution in [2.24, 2.45) is 0 Å². The fourth-order valence-corrected chi connectivity index (χ4v) is 1.86. The van der Waals surface area contributed by atoms with Gasteiger partial charge in [-0.05, 0) is 11.6 Å². The van der Waals surface area contributed by atoms with Crippen molar-refractivity contribution in [3.8, 4) is 11.1 Å².